The summed E-state index contributed by atoms with van der Waals surface area (Å²) in [5.41, 5.74) is -0.177. The zero-order valence-corrected chi connectivity index (χ0v) is 8.84. The van der Waals surface area contributed by atoms with Gasteiger partial charge in [0.1, 0.15) is 0 Å². The van der Waals surface area contributed by atoms with Crippen molar-refractivity contribution in [3.63, 3.8) is 0 Å². The van der Waals surface area contributed by atoms with Crippen LogP contribution in [0.25, 0.3) is 0 Å². The van der Waals surface area contributed by atoms with Crippen molar-refractivity contribution < 1.29 is 0 Å². The summed E-state index contributed by atoms with van der Waals surface area (Å²) in [6, 6.07) is 0. The molecule has 1 aromatic heterocycles. The van der Waals surface area contributed by atoms with Gasteiger partial charge in [-0.3, -0.25) is 4.79 Å². The first-order chi connectivity index (χ1) is 7.20. The molecule has 5 heteroatoms. The highest BCUT2D eigenvalue weighted by Crippen LogP contribution is 2.20. The van der Waals surface area contributed by atoms with Crippen molar-refractivity contribution in [3.05, 3.63) is 22.7 Å². The number of H-pyrrole nitrogens is 1. The van der Waals surface area contributed by atoms with Gasteiger partial charge < -0.3 is 15.6 Å². The van der Waals surface area contributed by atoms with Gasteiger partial charge in [0.2, 0.25) is 0 Å². The number of aromatic nitrogens is 2. The maximum Gasteiger partial charge on any atom is 0.290 e. The Morgan fingerprint density at radius 2 is 2.20 bits per heavy atom. The van der Waals surface area contributed by atoms with Crippen LogP contribution in [0.2, 0.25) is 0 Å². The summed E-state index contributed by atoms with van der Waals surface area (Å²) in [6.07, 6.45) is 5.14. The molecule has 5 nitrogen and oxygen atoms in total. The van der Waals surface area contributed by atoms with Crippen molar-refractivity contribution in [3.8, 4) is 0 Å². The number of aromatic amines is 1. The van der Waals surface area contributed by atoms with Gasteiger partial charge >= 0.3 is 0 Å². The highest BCUT2D eigenvalue weighted by molar-refractivity contribution is 5.34. The Bertz CT molecular complexity index is 381. The third kappa shape index (κ3) is 2.36. The fraction of sp³-hybridized carbons (Fsp3) is 0.600. The van der Waals surface area contributed by atoms with Gasteiger partial charge in [0.25, 0.3) is 5.56 Å². The second kappa shape index (κ2) is 4.02. The van der Waals surface area contributed by atoms with Crippen LogP contribution in [0.1, 0.15) is 19.8 Å². The van der Waals surface area contributed by atoms with E-state index in [0.717, 1.165) is 25.9 Å². The third-order valence-electron chi connectivity index (χ3n) is 2.83. The summed E-state index contributed by atoms with van der Waals surface area (Å²) in [6.45, 7) is 4.09. The first-order valence-electron chi connectivity index (χ1n) is 5.22. The molecular formula is C10H16N4O. The molecule has 0 atom stereocenters. The van der Waals surface area contributed by atoms with E-state index in [-0.39, 0.29) is 11.1 Å². The third-order valence-corrected chi connectivity index (χ3v) is 2.83. The van der Waals surface area contributed by atoms with E-state index in [9.17, 15) is 4.79 Å². The summed E-state index contributed by atoms with van der Waals surface area (Å²) in [7, 11) is 0. The number of nitrogens with one attached hydrogen (secondary N) is 3. The average molecular weight is 208 g/mol. The summed E-state index contributed by atoms with van der Waals surface area (Å²) in [4.78, 5) is 18.1. The molecule has 0 saturated carbocycles. The minimum Gasteiger partial charge on any atom is -0.360 e. The Morgan fingerprint density at radius 1 is 1.47 bits per heavy atom. The number of hydrogen-bond donors (Lipinski definition) is 3. The Morgan fingerprint density at radius 3 is 2.87 bits per heavy atom. The minimum atomic E-state index is -0.155. The lowest BCUT2D eigenvalue weighted by Gasteiger charge is -2.35. The molecule has 2 heterocycles. The van der Waals surface area contributed by atoms with Crippen molar-refractivity contribution in [1.82, 2.24) is 15.3 Å². The molecule has 0 aliphatic carbocycles. The second-order valence-electron chi connectivity index (χ2n) is 4.20. The molecule has 0 amide bonds. The summed E-state index contributed by atoms with van der Waals surface area (Å²) in [5.74, 6) is 0.418. The first-order valence-corrected chi connectivity index (χ1v) is 5.22. The van der Waals surface area contributed by atoms with Gasteiger partial charge in [-0.25, -0.2) is 4.98 Å². The fourth-order valence-corrected chi connectivity index (χ4v) is 1.83. The highest BCUT2D eigenvalue weighted by Gasteiger charge is 2.27. The predicted molar refractivity (Wildman–Crippen MR) is 59.0 cm³/mol. The molecule has 1 saturated heterocycles. The monoisotopic (exact) mass is 208 g/mol. The Balaban J connectivity index is 2.14. The van der Waals surface area contributed by atoms with Gasteiger partial charge in [0.15, 0.2) is 5.82 Å². The van der Waals surface area contributed by atoms with Crippen molar-refractivity contribution in [2.45, 2.75) is 25.3 Å². The van der Waals surface area contributed by atoms with Crippen molar-refractivity contribution in [2.75, 3.05) is 18.4 Å². The van der Waals surface area contributed by atoms with Crippen LogP contribution >= 0.6 is 0 Å². The number of nitrogens with zero attached hydrogens (tertiary/aromatic N) is 1. The van der Waals surface area contributed by atoms with Crippen LogP contribution in [-0.4, -0.2) is 28.6 Å². The largest absolute Gasteiger partial charge is 0.360 e. The van der Waals surface area contributed by atoms with E-state index in [0.29, 0.717) is 5.82 Å². The molecule has 1 aliphatic heterocycles. The second-order valence-corrected chi connectivity index (χ2v) is 4.20. The minimum absolute atomic E-state index is 0.0212. The van der Waals surface area contributed by atoms with Crippen LogP contribution in [0.5, 0.6) is 0 Å². The molecular weight excluding hydrogens is 192 g/mol. The lowest BCUT2D eigenvalue weighted by molar-refractivity contribution is 0.364. The number of hydrogen-bond acceptors (Lipinski definition) is 4. The number of piperidine rings is 1. The molecule has 3 N–H and O–H groups in total. The van der Waals surface area contributed by atoms with Crippen molar-refractivity contribution in [2.24, 2.45) is 0 Å². The molecule has 0 aromatic carbocycles. The van der Waals surface area contributed by atoms with Crippen LogP contribution in [0.3, 0.4) is 0 Å². The van der Waals surface area contributed by atoms with Gasteiger partial charge in [0, 0.05) is 17.9 Å². The van der Waals surface area contributed by atoms with E-state index < -0.39 is 0 Å². The Kier molecular flexibility index (Phi) is 2.73. The smallest absolute Gasteiger partial charge is 0.290 e. The zero-order chi connectivity index (χ0) is 10.7. The van der Waals surface area contributed by atoms with Crippen molar-refractivity contribution >= 4 is 5.82 Å². The van der Waals surface area contributed by atoms with Crippen LogP contribution in [0, 0.1) is 0 Å². The Hall–Kier alpha value is -1.36. The summed E-state index contributed by atoms with van der Waals surface area (Å²) < 4.78 is 0. The van der Waals surface area contributed by atoms with Gasteiger partial charge in [-0.15, -0.1) is 0 Å². The molecule has 15 heavy (non-hydrogen) atoms. The maximum absolute atomic E-state index is 11.4. The predicted octanol–water partition coefficient (Wildman–Crippen LogP) is 0.324. The Labute approximate surface area is 88.3 Å². The van der Waals surface area contributed by atoms with Gasteiger partial charge in [-0.1, -0.05) is 0 Å². The normalized spacial score (nSPS) is 19.8. The van der Waals surface area contributed by atoms with Crippen LogP contribution < -0.4 is 16.2 Å². The fourth-order valence-electron chi connectivity index (χ4n) is 1.83. The lowest BCUT2D eigenvalue weighted by Crippen LogP contribution is -2.46. The maximum atomic E-state index is 11.4. The van der Waals surface area contributed by atoms with Gasteiger partial charge in [-0.05, 0) is 32.9 Å². The van der Waals surface area contributed by atoms with Crippen molar-refractivity contribution in [1.29, 1.82) is 0 Å². The topological polar surface area (TPSA) is 69.8 Å². The standard InChI is InChI=1S/C10H16N4O/c1-10(2-4-11-5-3-10)14-8-9(15)13-7-6-12-8/h6-7,11H,2-5H2,1H3,(H,12,14)(H,13,15). The molecule has 0 bridgehead atoms. The molecule has 82 valence electrons. The molecule has 1 fully saturated rings. The molecule has 0 radical (unpaired) electrons. The summed E-state index contributed by atoms with van der Waals surface area (Å²) >= 11 is 0. The average Bonchev–Trinajstić information content (AvgIpc) is 2.22. The zero-order valence-electron chi connectivity index (χ0n) is 8.84. The number of rotatable bonds is 2. The van der Waals surface area contributed by atoms with E-state index >= 15 is 0 Å². The molecule has 1 aromatic rings. The van der Waals surface area contributed by atoms with Crippen LogP contribution in [-0.2, 0) is 0 Å². The molecule has 2 rings (SSSR count). The highest BCUT2D eigenvalue weighted by atomic mass is 16.1. The van der Waals surface area contributed by atoms with E-state index in [1.165, 1.54) is 6.20 Å². The lowest BCUT2D eigenvalue weighted by atomic mass is 9.91. The van der Waals surface area contributed by atoms with E-state index in [1.807, 2.05) is 0 Å². The van der Waals surface area contributed by atoms with Crippen LogP contribution in [0.4, 0.5) is 5.82 Å². The van der Waals surface area contributed by atoms with E-state index in [2.05, 4.69) is 27.5 Å². The first kappa shape index (κ1) is 10.2. The molecule has 1 aliphatic rings. The van der Waals surface area contributed by atoms with E-state index in [1.54, 1.807) is 6.20 Å². The van der Waals surface area contributed by atoms with Gasteiger partial charge in [0.05, 0.1) is 0 Å². The van der Waals surface area contributed by atoms with E-state index in [4.69, 9.17) is 0 Å². The molecule has 0 unspecified atom stereocenters. The quantitative estimate of drug-likeness (QED) is 0.655. The SMILES string of the molecule is CC1(Nc2ncc[nH]c2=O)CCNCC1. The van der Waals surface area contributed by atoms with Crippen LogP contribution in [0.15, 0.2) is 17.2 Å². The number of anilines is 1. The summed E-state index contributed by atoms with van der Waals surface area (Å²) in [5, 5.41) is 6.52. The molecule has 0 spiro atoms. The van der Waals surface area contributed by atoms with Gasteiger partial charge in [-0.2, -0.15) is 0 Å².